The lowest BCUT2D eigenvalue weighted by atomic mass is 9.97. The molecule has 2 atom stereocenters. The second kappa shape index (κ2) is 4.90. The summed E-state index contributed by atoms with van der Waals surface area (Å²) in [5.41, 5.74) is 2.52. The molecule has 1 aromatic rings. The highest BCUT2D eigenvalue weighted by Gasteiger charge is 2.38. The molecular formula is C17H21N2S+. The Morgan fingerprint density at radius 1 is 1.30 bits per heavy atom. The van der Waals surface area contributed by atoms with Gasteiger partial charge in [-0.25, -0.2) is 4.48 Å². The highest BCUT2D eigenvalue weighted by atomic mass is 32.2. The number of rotatable bonds is 3. The summed E-state index contributed by atoms with van der Waals surface area (Å²) in [6, 6.07) is 10.6. The standard InChI is InChI=1S/C17H21N2S/c1-4-19(3)13-18-15-12-17(2,11-10-16(15)19)20-14-8-6-5-7-9-14/h5-10,12-13H,4,11H2,1-3H3/q+1. The molecule has 1 aliphatic heterocycles. The first-order valence-corrected chi connectivity index (χ1v) is 7.95. The quantitative estimate of drug-likeness (QED) is 0.758. The molecule has 0 spiro atoms. The summed E-state index contributed by atoms with van der Waals surface area (Å²) in [4.78, 5) is 5.96. The Kier molecular flexibility index (Phi) is 3.35. The summed E-state index contributed by atoms with van der Waals surface area (Å²) in [6.07, 6.45) is 7.84. The van der Waals surface area contributed by atoms with Crippen LogP contribution < -0.4 is 0 Å². The Labute approximate surface area is 125 Å². The zero-order valence-electron chi connectivity index (χ0n) is 12.3. The first-order chi connectivity index (χ1) is 9.55. The minimum Gasteiger partial charge on any atom is -0.250 e. The monoisotopic (exact) mass is 285 g/mol. The van der Waals surface area contributed by atoms with Crippen LogP contribution in [0.25, 0.3) is 0 Å². The van der Waals surface area contributed by atoms with E-state index in [1.807, 2.05) is 11.8 Å². The highest BCUT2D eigenvalue weighted by molar-refractivity contribution is 8.00. The van der Waals surface area contributed by atoms with Crippen LogP contribution in [0.3, 0.4) is 0 Å². The fourth-order valence-electron chi connectivity index (χ4n) is 2.73. The van der Waals surface area contributed by atoms with Crippen molar-refractivity contribution in [3.05, 3.63) is 53.9 Å². The number of allylic oxidation sites excluding steroid dienone is 1. The number of thioether (sulfide) groups is 1. The Balaban J connectivity index is 1.85. The first kappa shape index (κ1) is 13.7. The van der Waals surface area contributed by atoms with Gasteiger partial charge >= 0.3 is 0 Å². The van der Waals surface area contributed by atoms with E-state index in [1.165, 1.54) is 10.6 Å². The van der Waals surface area contributed by atoms with E-state index in [0.29, 0.717) is 0 Å². The lowest BCUT2D eigenvalue weighted by molar-refractivity contribution is -0.765. The number of nitrogens with zero attached hydrogens (tertiary/aromatic N) is 2. The molecule has 0 amide bonds. The smallest absolute Gasteiger partial charge is 0.195 e. The average molecular weight is 285 g/mol. The molecule has 0 fully saturated rings. The second-order valence-corrected chi connectivity index (χ2v) is 7.49. The Hall–Kier alpha value is -1.32. The van der Waals surface area contributed by atoms with Crippen LogP contribution in [0, 0.1) is 0 Å². The largest absolute Gasteiger partial charge is 0.250 e. The molecule has 1 heterocycles. The van der Waals surface area contributed by atoms with Gasteiger partial charge in [0.15, 0.2) is 12.0 Å². The van der Waals surface area contributed by atoms with Crippen molar-refractivity contribution in [2.75, 3.05) is 13.6 Å². The summed E-state index contributed by atoms with van der Waals surface area (Å²) in [5, 5.41) is 0. The zero-order chi connectivity index (χ0) is 14.2. The van der Waals surface area contributed by atoms with Crippen molar-refractivity contribution in [2.24, 2.45) is 4.99 Å². The predicted octanol–water partition coefficient (Wildman–Crippen LogP) is 4.22. The normalized spacial score (nSPS) is 31.8. The molecule has 1 aliphatic carbocycles. The van der Waals surface area contributed by atoms with Crippen LogP contribution in [0.1, 0.15) is 20.3 Å². The summed E-state index contributed by atoms with van der Waals surface area (Å²) < 4.78 is 0.929. The van der Waals surface area contributed by atoms with E-state index >= 15 is 0 Å². The van der Waals surface area contributed by atoms with Crippen molar-refractivity contribution in [1.82, 2.24) is 0 Å². The zero-order valence-corrected chi connectivity index (χ0v) is 13.2. The maximum atomic E-state index is 4.65. The average Bonchev–Trinajstić information content (AvgIpc) is 2.77. The van der Waals surface area contributed by atoms with Crippen molar-refractivity contribution in [1.29, 1.82) is 0 Å². The number of fused-ring (bicyclic) bond motifs is 1. The van der Waals surface area contributed by atoms with Crippen molar-refractivity contribution < 1.29 is 4.48 Å². The van der Waals surface area contributed by atoms with Gasteiger partial charge < -0.3 is 0 Å². The summed E-state index contributed by atoms with van der Waals surface area (Å²) in [6.45, 7) is 5.56. The minimum atomic E-state index is 0.0977. The maximum absolute atomic E-state index is 4.65. The third-order valence-electron chi connectivity index (χ3n) is 4.16. The summed E-state index contributed by atoms with van der Waals surface area (Å²) >= 11 is 1.92. The molecule has 1 aromatic carbocycles. The van der Waals surface area contributed by atoms with Crippen LogP contribution in [0.2, 0.25) is 0 Å². The SMILES string of the molecule is CC[N+]1(C)C=NC2=CC(C)(Sc3ccccc3)CC=C21. The van der Waals surface area contributed by atoms with Crippen molar-refractivity contribution in [3.8, 4) is 0 Å². The molecule has 2 nitrogen and oxygen atoms in total. The third kappa shape index (κ3) is 2.36. The molecule has 0 saturated carbocycles. The maximum Gasteiger partial charge on any atom is 0.195 e. The number of hydrogen-bond acceptors (Lipinski definition) is 2. The van der Waals surface area contributed by atoms with E-state index in [0.717, 1.165) is 23.1 Å². The van der Waals surface area contributed by atoms with E-state index in [1.54, 1.807) is 0 Å². The van der Waals surface area contributed by atoms with E-state index in [4.69, 9.17) is 0 Å². The van der Waals surface area contributed by atoms with Gasteiger partial charge in [0.05, 0.1) is 13.6 Å². The van der Waals surface area contributed by atoms with Crippen LogP contribution in [0.5, 0.6) is 0 Å². The third-order valence-corrected chi connectivity index (χ3v) is 5.42. The molecule has 0 N–H and O–H groups in total. The Bertz CT molecular complexity index is 603. The summed E-state index contributed by atoms with van der Waals surface area (Å²) in [7, 11) is 2.23. The number of aliphatic imine (C=N–C) groups is 1. The highest BCUT2D eigenvalue weighted by Crippen LogP contribution is 2.44. The second-order valence-electron chi connectivity index (χ2n) is 5.88. The Morgan fingerprint density at radius 2 is 2.05 bits per heavy atom. The van der Waals surface area contributed by atoms with Crippen LogP contribution in [-0.2, 0) is 0 Å². The fourth-order valence-corrected chi connectivity index (χ4v) is 3.90. The van der Waals surface area contributed by atoms with Gasteiger partial charge in [0.25, 0.3) is 0 Å². The molecule has 0 saturated heterocycles. The van der Waals surface area contributed by atoms with E-state index < -0.39 is 0 Å². The van der Waals surface area contributed by atoms with Gasteiger partial charge in [-0.1, -0.05) is 18.2 Å². The van der Waals surface area contributed by atoms with Gasteiger partial charge in [-0.3, -0.25) is 0 Å². The van der Waals surface area contributed by atoms with Crippen molar-refractivity contribution >= 4 is 18.1 Å². The van der Waals surface area contributed by atoms with Crippen molar-refractivity contribution in [2.45, 2.75) is 29.9 Å². The van der Waals surface area contributed by atoms with Gasteiger partial charge in [-0.15, -0.1) is 11.8 Å². The van der Waals surface area contributed by atoms with Crippen molar-refractivity contribution in [3.63, 3.8) is 0 Å². The number of likely N-dealkylation sites (N-methyl/N-ethyl adjacent to an activating group) is 1. The number of benzene rings is 1. The van der Waals surface area contributed by atoms with Crippen LogP contribution in [0.15, 0.2) is 63.8 Å². The van der Waals surface area contributed by atoms with Crippen LogP contribution in [0.4, 0.5) is 0 Å². The molecule has 3 heteroatoms. The lowest BCUT2D eigenvalue weighted by Gasteiger charge is -2.31. The van der Waals surface area contributed by atoms with Crippen LogP contribution >= 0.6 is 11.8 Å². The molecule has 104 valence electrons. The molecular weight excluding hydrogens is 264 g/mol. The molecule has 2 unspecified atom stereocenters. The van der Waals surface area contributed by atoms with Gasteiger partial charge in [0, 0.05) is 9.64 Å². The molecule has 0 radical (unpaired) electrons. The van der Waals surface area contributed by atoms with Crippen LogP contribution in [-0.4, -0.2) is 29.2 Å². The summed E-state index contributed by atoms with van der Waals surface area (Å²) in [5.74, 6) is 0. The molecule has 0 aromatic heterocycles. The first-order valence-electron chi connectivity index (χ1n) is 7.13. The Morgan fingerprint density at radius 3 is 2.75 bits per heavy atom. The van der Waals surface area contributed by atoms with Gasteiger partial charge in [-0.05, 0) is 44.6 Å². The molecule has 0 bridgehead atoms. The van der Waals surface area contributed by atoms with Gasteiger partial charge in [-0.2, -0.15) is 4.99 Å². The lowest BCUT2D eigenvalue weighted by Crippen LogP contribution is -2.39. The van der Waals surface area contributed by atoms with E-state index in [9.17, 15) is 0 Å². The van der Waals surface area contributed by atoms with E-state index in [-0.39, 0.29) is 4.75 Å². The topological polar surface area (TPSA) is 12.4 Å². The number of quaternary nitrogens is 1. The minimum absolute atomic E-state index is 0.0977. The fraction of sp³-hybridized carbons (Fsp3) is 0.353. The van der Waals surface area contributed by atoms with E-state index in [2.05, 4.69) is 74.7 Å². The molecule has 20 heavy (non-hydrogen) atoms. The van der Waals surface area contributed by atoms with Gasteiger partial charge in [0.2, 0.25) is 0 Å². The molecule has 2 aliphatic rings. The number of hydrogen-bond donors (Lipinski definition) is 0. The van der Waals surface area contributed by atoms with Gasteiger partial charge in [0.1, 0.15) is 5.70 Å². The molecule has 3 rings (SSSR count). The predicted molar refractivity (Wildman–Crippen MR) is 86.7 cm³/mol.